The molecule has 2 aromatic heterocycles. The fraction of sp³-hybridized carbons (Fsp3) is 0.500. The summed E-state index contributed by atoms with van der Waals surface area (Å²) in [6.07, 6.45) is 4.45. The van der Waals surface area contributed by atoms with Gasteiger partial charge in [-0.3, -0.25) is 9.78 Å². The van der Waals surface area contributed by atoms with Gasteiger partial charge in [0.1, 0.15) is 18.2 Å². The van der Waals surface area contributed by atoms with Gasteiger partial charge in [0.05, 0.1) is 27.6 Å². The third-order valence-corrected chi connectivity index (χ3v) is 11.3. The number of amides is 5. The summed E-state index contributed by atoms with van der Waals surface area (Å²) in [5.41, 5.74) is 3.98. The molecule has 3 N–H and O–H groups in total. The van der Waals surface area contributed by atoms with Crippen LogP contribution in [-0.2, 0) is 40.3 Å². The van der Waals surface area contributed by atoms with Gasteiger partial charge in [-0.1, -0.05) is 74.5 Å². The maximum absolute atomic E-state index is 14.3. The second-order valence-corrected chi connectivity index (χ2v) is 18.0. The average Bonchev–Trinajstić information content (AvgIpc) is 3.90. The van der Waals surface area contributed by atoms with E-state index in [1.807, 2.05) is 86.8 Å². The molecule has 0 aliphatic carbocycles. The van der Waals surface area contributed by atoms with Crippen molar-refractivity contribution in [2.75, 3.05) is 20.6 Å². The smallest absolute Gasteiger partial charge is 0.410 e. The summed E-state index contributed by atoms with van der Waals surface area (Å²) in [7, 11) is 3.38. The van der Waals surface area contributed by atoms with Gasteiger partial charge in [-0.2, -0.15) is 0 Å². The second-order valence-electron chi connectivity index (χ2n) is 16.1. The number of rotatable bonds is 21. The molecular formula is C44H61N7O6S2. The highest BCUT2D eigenvalue weighted by Gasteiger charge is 2.27. The zero-order chi connectivity index (χ0) is 42.8. The highest BCUT2D eigenvalue weighted by atomic mass is 32.1. The minimum absolute atomic E-state index is 0.129. The molecular weight excluding hydrogens is 787 g/mol. The highest BCUT2D eigenvalue weighted by Crippen LogP contribution is 2.20. The number of aromatic nitrogens is 2. The summed E-state index contributed by atoms with van der Waals surface area (Å²) in [5.74, 6) is -0.0213. The van der Waals surface area contributed by atoms with Crippen LogP contribution in [0.3, 0.4) is 0 Å². The molecule has 0 saturated carbocycles. The normalized spacial score (nSPS) is 12.9. The molecule has 0 aliphatic rings. The maximum Gasteiger partial charge on any atom is 0.410 e. The summed E-state index contributed by atoms with van der Waals surface area (Å²) in [6.45, 7) is 10.5. The van der Waals surface area contributed by atoms with E-state index < -0.39 is 29.9 Å². The number of nitrogens with zero attached hydrogens (tertiary/aromatic N) is 4. The second kappa shape index (κ2) is 23.5. The number of hydrogen-bond donors (Lipinski definition) is 3. The Morgan fingerprint density at radius 1 is 0.797 bits per heavy atom. The molecule has 13 nitrogen and oxygen atoms in total. The Morgan fingerprint density at radius 3 is 1.98 bits per heavy atom. The number of thiazole rings is 2. The molecule has 0 radical (unpaired) electrons. The molecule has 2 heterocycles. The fourth-order valence-electron chi connectivity index (χ4n) is 6.24. The molecule has 0 aliphatic heterocycles. The van der Waals surface area contributed by atoms with Crippen molar-refractivity contribution >= 4 is 46.8 Å². The van der Waals surface area contributed by atoms with E-state index in [4.69, 9.17) is 9.47 Å². The first-order valence-electron chi connectivity index (χ1n) is 20.2. The first kappa shape index (κ1) is 46.7. The number of carbonyl (C=O) groups excluding carboxylic acids is 4. The first-order valence-corrected chi connectivity index (χ1v) is 22.0. The van der Waals surface area contributed by atoms with Gasteiger partial charge in [-0.05, 0) is 76.8 Å². The summed E-state index contributed by atoms with van der Waals surface area (Å²) < 4.78 is 11.0. The predicted octanol–water partition coefficient (Wildman–Crippen LogP) is 8.32. The van der Waals surface area contributed by atoms with Gasteiger partial charge >= 0.3 is 18.2 Å². The van der Waals surface area contributed by atoms with Crippen LogP contribution in [0.2, 0.25) is 0 Å². The molecule has 0 fully saturated rings. The van der Waals surface area contributed by atoms with E-state index in [-0.39, 0.29) is 30.5 Å². The molecule has 3 atom stereocenters. The van der Waals surface area contributed by atoms with E-state index in [0.717, 1.165) is 26.7 Å². The number of hydrogen-bond acceptors (Lipinski definition) is 10. The summed E-state index contributed by atoms with van der Waals surface area (Å²) in [5, 5.41) is 12.3. The van der Waals surface area contributed by atoms with E-state index in [1.54, 1.807) is 37.1 Å². The number of urea groups is 1. The first-order chi connectivity index (χ1) is 28.1. The third kappa shape index (κ3) is 17.4. The molecule has 4 rings (SSSR count). The molecule has 0 bridgehead atoms. The Labute approximate surface area is 357 Å². The van der Waals surface area contributed by atoms with Crippen molar-refractivity contribution in [2.45, 2.75) is 122 Å². The largest absolute Gasteiger partial charge is 0.444 e. The molecule has 4 aromatic rings. The van der Waals surface area contributed by atoms with Crippen molar-refractivity contribution in [2.24, 2.45) is 0 Å². The summed E-state index contributed by atoms with van der Waals surface area (Å²) in [6, 6.07) is 18.0. The van der Waals surface area contributed by atoms with Crippen molar-refractivity contribution in [3.8, 4) is 0 Å². The minimum atomic E-state index is -0.850. The SMILES string of the molecule is CC(C)c1nc(CN(C)C(=O)N[C@@H](CCCCN(C)C(=O)OC(C)(C)C)C(=O)N[C@H](CC[C@H](Cc2ccccc2)NC(=O)OCc2cncs2)Cc2ccccc2)cs1. The van der Waals surface area contributed by atoms with Crippen molar-refractivity contribution in [1.82, 2.24) is 35.7 Å². The van der Waals surface area contributed by atoms with Gasteiger partial charge in [0.15, 0.2) is 0 Å². The number of benzene rings is 2. The molecule has 59 heavy (non-hydrogen) atoms. The number of carbonyl (C=O) groups is 4. The predicted molar refractivity (Wildman–Crippen MR) is 233 cm³/mol. The molecule has 0 saturated heterocycles. The van der Waals surface area contributed by atoms with Crippen LogP contribution in [0.25, 0.3) is 0 Å². The van der Waals surface area contributed by atoms with E-state index in [0.29, 0.717) is 58.0 Å². The van der Waals surface area contributed by atoms with E-state index >= 15 is 0 Å². The number of nitrogens with one attached hydrogen (secondary N) is 3. The van der Waals surface area contributed by atoms with Crippen LogP contribution >= 0.6 is 22.7 Å². The monoisotopic (exact) mass is 847 g/mol. The van der Waals surface area contributed by atoms with Crippen molar-refractivity contribution in [1.29, 1.82) is 0 Å². The van der Waals surface area contributed by atoms with Crippen LogP contribution < -0.4 is 16.0 Å². The Morgan fingerprint density at radius 2 is 1.42 bits per heavy atom. The van der Waals surface area contributed by atoms with Crippen LogP contribution in [0.4, 0.5) is 14.4 Å². The van der Waals surface area contributed by atoms with Gasteiger partial charge in [0.2, 0.25) is 5.91 Å². The van der Waals surface area contributed by atoms with Gasteiger partial charge < -0.3 is 35.2 Å². The van der Waals surface area contributed by atoms with Crippen molar-refractivity contribution < 1.29 is 28.7 Å². The zero-order valence-corrected chi connectivity index (χ0v) is 37.1. The molecule has 0 unspecified atom stereocenters. The number of alkyl carbamates (subject to hydrolysis) is 1. The molecule has 0 spiro atoms. The molecule has 15 heteroatoms. The van der Waals surface area contributed by atoms with Gasteiger partial charge in [-0.25, -0.2) is 19.4 Å². The van der Waals surface area contributed by atoms with E-state index in [1.165, 1.54) is 21.1 Å². The van der Waals surface area contributed by atoms with Crippen molar-refractivity contribution in [3.05, 3.63) is 104 Å². The number of ether oxygens (including phenoxy) is 2. The lowest BCUT2D eigenvalue weighted by atomic mass is 9.95. The summed E-state index contributed by atoms with van der Waals surface area (Å²) in [4.78, 5) is 66.2. The summed E-state index contributed by atoms with van der Waals surface area (Å²) >= 11 is 2.99. The maximum atomic E-state index is 14.3. The Balaban J connectivity index is 1.48. The lowest BCUT2D eigenvalue weighted by Gasteiger charge is -2.27. The zero-order valence-electron chi connectivity index (χ0n) is 35.4. The van der Waals surface area contributed by atoms with Crippen LogP contribution in [0.5, 0.6) is 0 Å². The molecule has 5 amide bonds. The number of unbranched alkanes of at least 4 members (excludes halogenated alkanes) is 1. The lowest BCUT2D eigenvalue weighted by Crippen LogP contribution is -2.52. The van der Waals surface area contributed by atoms with Crippen LogP contribution in [0.15, 0.2) is 77.8 Å². The molecule has 2 aromatic carbocycles. The molecule has 320 valence electrons. The highest BCUT2D eigenvalue weighted by molar-refractivity contribution is 7.09. The fourth-order valence-corrected chi connectivity index (χ4v) is 7.57. The minimum Gasteiger partial charge on any atom is -0.444 e. The van der Waals surface area contributed by atoms with E-state index in [9.17, 15) is 19.2 Å². The van der Waals surface area contributed by atoms with Gasteiger partial charge in [0, 0.05) is 50.2 Å². The standard InChI is InChI=1S/C44H61N7O6S2/c1-31(2)40-47-36(29-58-40)27-51(7)41(53)49-38(20-14-15-23-50(6)43(55)57-44(3,4)5)39(52)46-34(24-32-16-10-8-11-17-32)21-22-35(25-33-18-12-9-13-19-33)48-42(54)56-28-37-26-45-30-59-37/h8-13,16-19,26,29-31,34-35,38H,14-15,20-25,27-28H2,1-7H3,(H,46,52)(H,48,54)(H,49,53)/t34-,35-,38+/m1/s1. The van der Waals surface area contributed by atoms with Crippen LogP contribution in [0.1, 0.15) is 99.3 Å². The van der Waals surface area contributed by atoms with Gasteiger partial charge in [0.25, 0.3) is 0 Å². The van der Waals surface area contributed by atoms with Crippen LogP contribution in [0, 0.1) is 0 Å². The van der Waals surface area contributed by atoms with Crippen LogP contribution in [-0.4, -0.2) is 88.3 Å². The Kier molecular flexibility index (Phi) is 18.6. The average molecular weight is 848 g/mol. The van der Waals surface area contributed by atoms with Crippen molar-refractivity contribution in [3.63, 3.8) is 0 Å². The Hall–Kier alpha value is -5.02. The topological polar surface area (TPSA) is 155 Å². The third-order valence-electron chi connectivity index (χ3n) is 9.38. The lowest BCUT2D eigenvalue weighted by molar-refractivity contribution is -0.124. The Bertz CT molecular complexity index is 1870. The quantitative estimate of drug-likeness (QED) is 0.0708. The van der Waals surface area contributed by atoms with Gasteiger partial charge in [-0.15, -0.1) is 22.7 Å². The van der Waals surface area contributed by atoms with E-state index in [2.05, 4.69) is 39.8 Å².